The number of nitrogens with one attached hydrogen (secondary N) is 2. The van der Waals surface area contributed by atoms with E-state index < -0.39 is 23.4 Å². The summed E-state index contributed by atoms with van der Waals surface area (Å²) in [5, 5.41) is 4.19. The number of rotatable bonds is 10. The van der Waals surface area contributed by atoms with Crippen molar-refractivity contribution < 1.29 is 33.3 Å². The quantitative estimate of drug-likeness (QED) is 0.301. The first-order chi connectivity index (χ1) is 19.0. The van der Waals surface area contributed by atoms with Crippen molar-refractivity contribution in [2.24, 2.45) is 4.99 Å². The third-order valence-electron chi connectivity index (χ3n) is 6.28. The molecule has 0 bridgehead atoms. The number of carbonyl (C=O) groups is 3. The van der Waals surface area contributed by atoms with E-state index in [0.717, 1.165) is 11.1 Å². The lowest BCUT2D eigenvalue weighted by Gasteiger charge is -2.34. The largest absolute Gasteiger partial charge is 0.475 e. The van der Waals surface area contributed by atoms with Crippen LogP contribution >= 0.6 is 0 Å². The highest BCUT2D eigenvalue weighted by Gasteiger charge is 2.52. The number of urea groups is 1. The average molecular weight is 530 g/mol. The topological polar surface area (TPSA) is 125 Å². The van der Waals surface area contributed by atoms with E-state index in [-0.39, 0.29) is 24.8 Å². The molecule has 1 fully saturated rings. The lowest BCUT2D eigenvalue weighted by molar-refractivity contribution is -0.153. The molecule has 2 aliphatic rings. The summed E-state index contributed by atoms with van der Waals surface area (Å²) in [6.07, 6.45) is -0.0719. The first kappa shape index (κ1) is 25.9. The summed E-state index contributed by atoms with van der Waals surface area (Å²) in [7, 11) is 0. The Morgan fingerprint density at radius 2 is 1.49 bits per heavy atom. The summed E-state index contributed by atoms with van der Waals surface area (Å²) in [4.78, 5) is 41.5. The minimum Gasteiger partial charge on any atom is -0.475 e. The second-order valence-electron chi connectivity index (χ2n) is 8.88. The van der Waals surface area contributed by atoms with Crippen molar-refractivity contribution in [2.45, 2.75) is 25.0 Å². The molecule has 2 heterocycles. The molecule has 10 nitrogen and oxygen atoms in total. The van der Waals surface area contributed by atoms with Crippen molar-refractivity contribution in [1.82, 2.24) is 10.6 Å². The van der Waals surface area contributed by atoms with Crippen molar-refractivity contribution in [2.75, 3.05) is 19.8 Å². The van der Waals surface area contributed by atoms with Crippen molar-refractivity contribution in [3.63, 3.8) is 0 Å². The Hall–Kier alpha value is -4.70. The van der Waals surface area contributed by atoms with Crippen molar-refractivity contribution in [3.05, 3.63) is 90.0 Å². The van der Waals surface area contributed by atoms with E-state index in [1.807, 2.05) is 54.6 Å². The monoisotopic (exact) mass is 529 g/mol. The number of hydrogen-bond acceptors (Lipinski definition) is 8. The second kappa shape index (κ2) is 11.4. The number of carbonyl (C=O) groups excluding carboxylic acids is 3. The normalized spacial score (nSPS) is 18.0. The Morgan fingerprint density at radius 1 is 0.872 bits per heavy atom. The van der Waals surface area contributed by atoms with Gasteiger partial charge in [-0.1, -0.05) is 30.3 Å². The number of aliphatic imine (C=N–C) groups is 1. The van der Waals surface area contributed by atoms with Crippen LogP contribution in [0.2, 0.25) is 0 Å². The van der Waals surface area contributed by atoms with Crippen LogP contribution in [0.3, 0.4) is 0 Å². The van der Waals surface area contributed by atoms with Gasteiger partial charge in [0.25, 0.3) is 17.4 Å². The molecule has 2 N–H and O–H groups in total. The van der Waals surface area contributed by atoms with Gasteiger partial charge in [0.1, 0.15) is 29.9 Å². The van der Waals surface area contributed by atoms with E-state index in [1.165, 1.54) is 0 Å². The van der Waals surface area contributed by atoms with E-state index in [2.05, 4.69) is 10.6 Å². The predicted octanol–water partition coefficient (Wildman–Crippen LogP) is 3.91. The molecular weight excluding hydrogens is 502 g/mol. The van der Waals surface area contributed by atoms with Crippen LogP contribution in [-0.2, 0) is 19.1 Å². The predicted molar refractivity (Wildman–Crippen MR) is 141 cm³/mol. The fourth-order valence-corrected chi connectivity index (χ4v) is 4.23. The highest BCUT2D eigenvalue weighted by Crippen LogP contribution is 2.30. The average Bonchev–Trinajstić information content (AvgIpc) is 3.44. The van der Waals surface area contributed by atoms with E-state index in [0.29, 0.717) is 30.6 Å². The van der Waals surface area contributed by atoms with Gasteiger partial charge in [0, 0.05) is 18.6 Å². The van der Waals surface area contributed by atoms with Gasteiger partial charge in [-0.15, -0.1) is 0 Å². The number of amides is 4. The Balaban J connectivity index is 1.24. The molecule has 4 amide bonds. The Bertz CT molecular complexity index is 1350. The number of barbiturate groups is 1. The fraction of sp³-hybridized carbons (Fsp3) is 0.241. The molecule has 200 valence electrons. The van der Waals surface area contributed by atoms with E-state index in [1.54, 1.807) is 31.2 Å². The molecule has 39 heavy (non-hydrogen) atoms. The molecule has 0 saturated carbocycles. The summed E-state index contributed by atoms with van der Waals surface area (Å²) >= 11 is 0. The van der Waals surface area contributed by atoms with Crippen LogP contribution in [0.1, 0.15) is 30.5 Å². The first-order valence-electron chi connectivity index (χ1n) is 12.5. The minimum absolute atomic E-state index is 0.0255. The van der Waals surface area contributed by atoms with Crippen LogP contribution in [0.5, 0.6) is 17.2 Å². The van der Waals surface area contributed by atoms with Crippen LogP contribution in [0, 0.1) is 0 Å². The van der Waals surface area contributed by atoms with Crippen LogP contribution < -0.4 is 20.1 Å². The summed E-state index contributed by atoms with van der Waals surface area (Å²) in [6.45, 7) is 2.79. The van der Waals surface area contributed by atoms with Gasteiger partial charge in [-0.2, -0.15) is 0 Å². The number of benzene rings is 3. The lowest BCUT2D eigenvalue weighted by atomic mass is 9.95. The molecular formula is C29H27N3O7. The third kappa shape index (κ3) is 5.75. The van der Waals surface area contributed by atoms with Crippen molar-refractivity contribution >= 4 is 23.7 Å². The number of nitrogens with zero attached hydrogens (tertiary/aromatic N) is 1. The van der Waals surface area contributed by atoms with Gasteiger partial charge in [-0.3, -0.25) is 20.2 Å². The van der Waals surface area contributed by atoms with Crippen LogP contribution in [0.4, 0.5) is 4.79 Å². The molecule has 10 heteroatoms. The van der Waals surface area contributed by atoms with E-state index in [4.69, 9.17) is 23.9 Å². The maximum Gasteiger partial charge on any atom is 0.328 e. The van der Waals surface area contributed by atoms with Gasteiger partial charge in [0.2, 0.25) is 5.90 Å². The third-order valence-corrected chi connectivity index (χ3v) is 6.28. The van der Waals surface area contributed by atoms with Gasteiger partial charge in [-0.25, -0.2) is 9.79 Å². The van der Waals surface area contributed by atoms with Gasteiger partial charge in [-0.05, 0) is 61.0 Å². The SMILES string of the molecule is CCOCCC1(Oc2ccc(Oc3ccc(C4=N[C@@H](c5ccccc5)CO4)cc3)cc2)C(=O)NC(=O)NC1=O. The molecule has 0 spiro atoms. The standard InChI is InChI=1S/C29H27N3O7/c1-2-36-17-16-29(26(33)31-28(35)32-27(29)34)39-23-14-12-22(13-15-23)38-21-10-8-20(9-11-21)25-30-24(18-37-25)19-6-4-3-5-7-19/h3-15,24H,2,16-18H2,1H3,(H2,31,32,33,34,35)/t24-/m1/s1. The maximum absolute atomic E-state index is 12.6. The van der Waals surface area contributed by atoms with E-state index >= 15 is 0 Å². The second-order valence-corrected chi connectivity index (χ2v) is 8.88. The molecule has 0 radical (unpaired) electrons. The zero-order valence-corrected chi connectivity index (χ0v) is 21.2. The van der Waals surface area contributed by atoms with Gasteiger partial charge in [0.05, 0.1) is 6.61 Å². The molecule has 3 aromatic rings. The highest BCUT2D eigenvalue weighted by molar-refractivity contribution is 6.21. The van der Waals surface area contributed by atoms with Crippen LogP contribution in [0.25, 0.3) is 0 Å². The zero-order valence-electron chi connectivity index (χ0n) is 21.2. The van der Waals surface area contributed by atoms with Gasteiger partial charge in [0.15, 0.2) is 0 Å². The molecule has 2 aliphatic heterocycles. The smallest absolute Gasteiger partial charge is 0.328 e. The highest BCUT2D eigenvalue weighted by atomic mass is 16.5. The Labute approximate surface area is 224 Å². The first-order valence-corrected chi connectivity index (χ1v) is 12.5. The molecule has 0 unspecified atom stereocenters. The Morgan fingerprint density at radius 3 is 2.13 bits per heavy atom. The summed E-state index contributed by atoms with van der Waals surface area (Å²) in [5.41, 5.74) is 0.0222. The van der Waals surface area contributed by atoms with Crippen LogP contribution in [-0.4, -0.2) is 49.2 Å². The van der Waals surface area contributed by atoms with Gasteiger partial charge < -0.3 is 18.9 Å². The van der Waals surface area contributed by atoms with Gasteiger partial charge >= 0.3 is 6.03 Å². The zero-order chi connectivity index (χ0) is 27.2. The molecule has 5 rings (SSSR count). The summed E-state index contributed by atoms with van der Waals surface area (Å²) < 4.78 is 22.9. The number of ether oxygens (including phenoxy) is 4. The molecule has 0 aliphatic carbocycles. The van der Waals surface area contributed by atoms with E-state index in [9.17, 15) is 14.4 Å². The fourth-order valence-electron chi connectivity index (χ4n) is 4.23. The molecule has 1 atom stereocenters. The number of imide groups is 2. The van der Waals surface area contributed by atoms with Crippen molar-refractivity contribution in [3.8, 4) is 17.2 Å². The molecule has 3 aromatic carbocycles. The number of hydrogen-bond donors (Lipinski definition) is 2. The van der Waals surface area contributed by atoms with Crippen LogP contribution in [0.15, 0.2) is 83.9 Å². The molecule has 1 saturated heterocycles. The Kier molecular flexibility index (Phi) is 7.55. The summed E-state index contributed by atoms with van der Waals surface area (Å²) in [6, 6.07) is 22.9. The minimum atomic E-state index is -1.94. The maximum atomic E-state index is 12.6. The van der Waals surface area contributed by atoms with Crippen molar-refractivity contribution in [1.29, 1.82) is 0 Å². The molecule has 0 aromatic heterocycles. The lowest BCUT2D eigenvalue weighted by Crippen LogP contribution is -2.69. The summed E-state index contributed by atoms with van der Waals surface area (Å²) in [5.74, 6) is 0.267.